The Morgan fingerprint density at radius 1 is 1.24 bits per heavy atom. The van der Waals surface area contributed by atoms with E-state index in [2.05, 4.69) is 30.3 Å². The van der Waals surface area contributed by atoms with E-state index < -0.39 is 6.04 Å². The van der Waals surface area contributed by atoms with Gasteiger partial charge < -0.3 is 10.5 Å². The summed E-state index contributed by atoms with van der Waals surface area (Å²) in [4.78, 5) is 11.7. The maximum absolute atomic E-state index is 11.7. The Hall–Kier alpha value is -1.35. The Bertz CT molecular complexity index is 432. The zero-order valence-electron chi connectivity index (χ0n) is 13.0. The number of hydrogen-bond donors (Lipinski definition) is 1. The summed E-state index contributed by atoms with van der Waals surface area (Å²) < 4.78 is 5.41. The third kappa shape index (κ3) is 5.50. The Kier molecular flexibility index (Phi) is 6.24. The van der Waals surface area contributed by atoms with Gasteiger partial charge in [-0.15, -0.1) is 0 Å². The second kappa shape index (κ2) is 8.18. The lowest BCUT2D eigenvalue weighted by molar-refractivity contribution is -0.150. The van der Waals surface area contributed by atoms with Crippen LogP contribution in [0.3, 0.4) is 0 Å². The summed E-state index contributed by atoms with van der Waals surface area (Å²) in [7, 11) is 0. The van der Waals surface area contributed by atoms with E-state index in [1.165, 1.54) is 18.4 Å². The number of carbonyl (C=O) groups is 1. The van der Waals surface area contributed by atoms with E-state index in [0.29, 0.717) is 5.92 Å². The third-order valence-electron chi connectivity index (χ3n) is 4.33. The van der Waals surface area contributed by atoms with E-state index in [0.717, 1.165) is 32.1 Å². The van der Waals surface area contributed by atoms with Gasteiger partial charge in [-0.2, -0.15) is 0 Å². The highest BCUT2D eigenvalue weighted by Gasteiger charge is 2.23. The predicted octanol–water partition coefficient (Wildman–Crippen LogP) is 3.46. The van der Waals surface area contributed by atoms with E-state index in [9.17, 15) is 4.79 Å². The minimum absolute atomic E-state index is 0.0108. The zero-order valence-corrected chi connectivity index (χ0v) is 13.0. The number of esters is 1. The molecule has 0 spiro atoms. The number of carbonyl (C=O) groups excluding carboxylic acids is 1. The first kappa shape index (κ1) is 16.0. The van der Waals surface area contributed by atoms with Crippen LogP contribution in [0.1, 0.15) is 51.0 Å². The topological polar surface area (TPSA) is 52.3 Å². The second-order valence-electron chi connectivity index (χ2n) is 6.26. The van der Waals surface area contributed by atoms with Crippen molar-refractivity contribution in [3.63, 3.8) is 0 Å². The van der Waals surface area contributed by atoms with Crippen LogP contribution in [0.2, 0.25) is 0 Å². The fourth-order valence-corrected chi connectivity index (χ4v) is 3.17. The van der Waals surface area contributed by atoms with E-state index >= 15 is 0 Å². The summed E-state index contributed by atoms with van der Waals surface area (Å²) in [5, 5.41) is 0. The molecule has 1 aliphatic rings. The lowest BCUT2D eigenvalue weighted by atomic mass is 9.90. The van der Waals surface area contributed by atoms with Crippen LogP contribution < -0.4 is 5.73 Å². The Morgan fingerprint density at radius 2 is 2.00 bits per heavy atom. The van der Waals surface area contributed by atoms with Gasteiger partial charge in [-0.05, 0) is 50.5 Å². The van der Waals surface area contributed by atoms with E-state index in [4.69, 9.17) is 10.5 Å². The molecule has 1 aliphatic heterocycles. The lowest BCUT2D eigenvalue weighted by Crippen LogP contribution is -2.33. The Labute approximate surface area is 127 Å². The Balaban J connectivity index is 1.80. The lowest BCUT2D eigenvalue weighted by Gasteiger charge is -2.19. The van der Waals surface area contributed by atoms with Crippen LogP contribution in [0.5, 0.6) is 0 Å². The molecule has 1 fully saturated rings. The molecule has 1 aromatic rings. The first-order valence-electron chi connectivity index (χ1n) is 8.15. The smallest absolute Gasteiger partial charge is 0.323 e. The summed E-state index contributed by atoms with van der Waals surface area (Å²) in [6, 6.07) is 10.2. The summed E-state index contributed by atoms with van der Waals surface area (Å²) in [6.07, 6.45) is 7.41. The van der Waals surface area contributed by atoms with Crippen LogP contribution in [0.4, 0.5) is 0 Å². The molecule has 1 saturated heterocycles. The molecule has 0 aliphatic carbocycles. The van der Waals surface area contributed by atoms with Crippen LogP contribution in [-0.2, 0) is 16.0 Å². The third-order valence-corrected chi connectivity index (χ3v) is 4.33. The molecule has 21 heavy (non-hydrogen) atoms. The molecular weight excluding hydrogens is 262 g/mol. The van der Waals surface area contributed by atoms with Gasteiger partial charge in [0.2, 0.25) is 0 Å². The number of rotatable bonds is 4. The molecule has 0 unspecified atom stereocenters. The predicted molar refractivity (Wildman–Crippen MR) is 84.9 cm³/mol. The fourth-order valence-electron chi connectivity index (χ4n) is 3.17. The number of cyclic esters (lactones) is 1. The van der Waals surface area contributed by atoms with Gasteiger partial charge in [0.05, 0.1) is 6.10 Å². The first-order valence-corrected chi connectivity index (χ1v) is 8.15. The molecule has 0 aromatic heterocycles. The van der Waals surface area contributed by atoms with Crippen molar-refractivity contribution >= 4 is 5.97 Å². The number of ether oxygens (including phenoxy) is 1. The van der Waals surface area contributed by atoms with Crippen molar-refractivity contribution in [3.8, 4) is 0 Å². The van der Waals surface area contributed by atoms with Crippen molar-refractivity contribution in [1.29, 1.82) is 0 Å². The first-order chi connectivity index (χ1) is 10.1. The molecule has 3 heteroatoms. The highest BCUT2D eigenvalue weighted by Crippen LogP contribution is 2.25. The molecule has 2 rings (SSSR count). The van der Waals surface area contributed by atoms with Gasteiger partial charge in [0, 0.05) is 0 Å². The number of benzene rings is 1. The van der Waals surface area contributed by atoms with Crippen LogP contribution in [0.25, 0.3) is 0 Å². The molecule has 0 amide bonds. The molecule has 3 atom stereocenters. The summed E-state index contributed by atoms with van der Waals surface area (Å²) in [6.45, 7) is 1.99. The highest BCUT2D eigenvalue weighted by atomic mass is 16.5. The molecule has 1 aromatic carbocycles. The van der Waals surface area contributed by atoms with Gasteiger partial charge in [-0.3, -0.25) is 4.79 Å². The van der Waals surface area contributed by atoms with Crippen LogP contribution >= 0.6 is 0 Å². The fraction of sp³-hybridized carbons (Fsp3) is 0.611. The van der Waals surface area contributed by atoms with Gasteiger partial charge >= 0.3 is 5.97 Å². The second-order valence-corrected chi connectivity index (χ2v) is 6.26. The molecule has 3 nitrogen and oxygen atoms in total. The van der Waals surface area contributed by atoms with E-state index in [-0.39, 0.29) is 12.1 Å². The average molecular weight is 289 g/mol. The van der Waals surface area contributed by atoms with Crippen LogP contribution in [-0.4, -0.2) is 18.1 Å². The van der Waals surface area contributed by atoms with Crippen LogP contribution in [0.15, 0.2) is 30.3 Å². The van der Waals surface area contributed by atoms with Crippen molar-refractivity contribution in [3.05, 3.63) is 35.9 Å². The minimum Gasteiger partial charge on any atom is -0.462 e. The van der Waals surface area contributed by atoms with Crippen LogP contribution in [0, 0.1) is 5.92 Å². The van der Waals surface area contributed by atoms with Gasteiger partial charge in [0.25, 0.3) is 0 Å². The van der Waals surface area contributed by atoms with Gasteiger partial charge in [0.1, 0.15) is 6.04 Å². The molecule has 2 N–H and O–H groups in total. The quantitative estimate of drug-likeness (QED) is 0.864. The van der Waals surface area contributed by atoms with Gasteiger partial charge in [-0.1, -0.05) is 43.2 Å². The maximum atomic E-state index is 11.7. The average Bonchev–Trinajstić information content (AvgIpc) is 2.52. The van der Waals surface area contributed by atoms with Crippen molar-refractivity contribution in [1.82, 2.24) is 0 Å². The molecule has 0 bridgehead atoms. The van der Waals surface area contributed by atoms with Gasteiger partial charge in [-0.25, -0.2) is 0 Å². The van der Waals surface area contributed by atoms with Crippen molar-refractivity contribution in [2.75, 3.05) is 0 Å². The van der Waals surface area contributed by atoms with Crippen molar-refractivity contribution in [2.24, 2.45) is 11.7 Å². The number of hydrogen-bond acceptors (Lipinski definition) is 3. The Morgan fingerprint density at radius 3 is 2.76 bits per heavy atom. The van der Waals surface area contributed by atoms with Gasteiger partial charge in [0.15, 0.2) is 0 Å². The maximum Gasteiger partial charge on any atom is 0.323 e. The molecule has 0 radical (unpaired) electrons. The zero-order chi connectivity index (χ0) is 15.1. The number of nitrogens with two attached hydrogens (primary N) is 1. The standard InChI is InChI=1S/C18H27NO2/c1-14-13-16(11-6-12-17(19)18(20)21-14)10-5-9-15-7-3-2-4-8-15/h2-4,7-8,14,16-17H,5-6,9-13,19H2,1H3/t14-,16-,17-/m0/s1. The summed E-state index contributed by atoms with van der Waals surface area (Å²) in [5.41, 5.74) is 7.23. The highest BCUT2D eigenvalue weighted by molar-refractivity contribution is 5.75. The van der Waals surface area contributed by atoms with Crippen molar-refractivity contribution in [2.45, 2.75) is 64.0 Å². The van der Waals surface area contributed by atoms with Crippen molar-refractivity contribution < 1.29 is 9.53 Å². The molecule has 1 heterocycles. The number of aryl methyl sites for hydroxylation is 1. The van der Waals surface area contributed by atoms with E-state index in [1.807, 2.05) is 6.92 Å². The largest absolute Gasteiger partial charge is 0.462 e. The monoisotopic (exact) mass is 289 g/mol. The molecule has 0 saturated carbocycles. The van der Waals surface area contributed by atoms with E-state index in [1.54, 1.807) is 0 Å². The summed E-state index contributed by atoms with van der Waals surface area (Å²) >= 11 is 0. The minimum atomic E-state index is -0.435. The summed E-state index contributed by atoms with van der Waals surface area (Å²) in [5.74, 6) is 0.411. The normalized spacial score (nSPS) is 27.3. The molecule has 116 valence electrons. The SMILES string of the molecule is C[C@H]1C[C@@H](CCCc2ccccc2)CCC[C@H](N)C(=O)O1. The molecular formula is C18H27NO2.